The summed E-state index contributed by atoms with van der Waals surface area (Å²) in [7, 11) is 0. The third-order valence-corrected chi connectivity index (χ3v) is 0.371. The first kappa shape index (κ1) is 5.63. The molecule has 0 bridgehead atoms. The van der Waals surface area contributed by atoms with E-state index < -0.39 is 0 Å². The van der Waals surface area contributed by atoms with Crippen molar-refractivity contribution in [1.29, 1.82) is 0 Å². The monoisotopic (exact) mass is 104 g/mol. The van der Waals surface area contributed by atoms with Gasteiger partial charge in [-0.3, -0.25) is 0 Å². The van der Waals surface area contributed by atoms with E-state index in [2.05, 4.69) is 16.3 Å². The molecule has 0 saturated heterocycles. The lowest BCUT2D eigenvalue weighted by molar-refractivity contribution is 1.12. The zero-order valence-corrected chi connectivity index (χ0v) is 4.02. The highest BCUT2D eigenvalue weighted by molar-refractivity contribution is 6.13. The van der Waals surface area contributed by atoms with Crippen molar-refractivity contribution in [3.05, 3.63) is 12.7 Å². The molecule has 0 aliphatic rings. The average molecular weight is 105 g/mol. The summed E-state index contributed by atoms with van der Waals surface area (Å²) in [6.45, 7) is 3.89. The molecule has 3 heteroatoms. The standard InChI is InChI=1S/C3H5ClN2/c1-2-3-5-6-4/h2H,1,3H2. The van der Waals surface area contributed by atoms with Gasteiger partial charge in [-0.25, -0.2) is 0 Å². The van der Waals surface area contributed by atoms with Crippen LogP contribution in [0.4, 0.5) is 0 Å². The Hall–Kier alpha value is -0.370. The smallest absolute Gasteiger partial charge is 0.0792 e. The maximum Gasteiger partial charge on any atom is 0.0792 e. The van der Waals surface area contributed by atoms with Crippen LogP contribution in [0.5, 0.6) is 0 Å². The molecule has 0 radical (unpaired) electrons. The Balaban J connectivity index is 2.85. The number of nitrogens with zero attached hydrogens (tertiary/aromatic N) is 2. The van der Waals surface area contributed by atoms with Crippen LogP contribution in [0.3, 0.4) is 0 Å². The van der Waals surface area contributed by atoms with Crippen molar-refractivity contribution >= 4 is 11.8 Å². The molecule has 0 atom stereocenters. The van der Waals surface area contributed by atoms with E-state index in [1.165, 1.54) is 0 Å². The first-order chi connectivity index (χ1) is 2.91. The normalized spacial score (nSPS) is 9.50. The highest BCUT2D eigenvalue weighted by atomic mass is 35.5. The molecule has 0 saturated carbocycles. The Morgan fingerprint density at radius 1 is 1.83 bits per heavy atom. The second-order valence-electron chi connectivity index (χ2n) is 0.688. The molecular formula is C3H5ClN2. The Bertz CT molecular complexity index is 59.8. The molecule has 34 valence electrons. The lowest BCUT2D eigenvalue weighted by atomic mass is 10.7. The van der Waals surface area contributed by atoms with E-state index in [0.29, 0.717) is 6.54 Å². The molecule has 0 amide bonds. The Morgan fingerprint density at radius 3 is 2.67 bits per heavy atom. The number of rotatable bonds is 2. The van der Waals surface area contributed by atoms with Gasteiger partial charge in [0.15, 0.2) is 0 Å². The fourth-order valence-corrected chi connectivity index (χ4v) is 0.150. The van der Waals surface area contributed by atoms with Crippen LogP contribution in [0.2, 0.25) is 0 Å². The maximum absolute atomic E-state index is 4.79. The van der Waals surface area contributed by atoms with Crippen molar-refractivity contribution < 1.29 is 0 Å². The van der Waals surface area contributed by atoms with Crippen molar-refractivity contribution in [3.8, 4) is 0 Å². The first-order valence-corrected chi connectivity index (χ1v) is 1.84. The van der Waals surface area contributed by atoms with Gasteiger partial charge < -0.3 is 0 Å². The molecule has 0 rings (SSSR count). The summed E-state index contributed by atoms with van der Waals surface area (Å²) < 4.78 is 2.95. The van der Waals surface area contributed by atoms with E-state index in [1.54, 1.807) is 6.08 Å². The SMILES string of the molecule is C=CCN=NCl. The molecule has 0 aliphatic heterocycles. The summed E-state index contributed by atoms with van der Waals surface area (Å²) in [5, 5.41) is 3.36. The predicted octanol–water partition coefficient (Wildman–Crippen LogP) is 1.78. The quantitative estimate of drug-likeness (QED) is 0.377. The molecule has 6 heavy (non-hydrogen) atoms. The van der Waals surface area contributed by atoms with Crippen LogP contribution >= 0.6 is 11.8 Å². The first-order valence-electron chi connectivity index (χ1n) is 1.50. The Morgan fingerprint density at radius 2 is 2.50 bits per heavy atom. The second kappa shape index (κ2) is 4.63. The third kappa shape index (κ3) is 3.63. The minimum atomic E-state index is 0.503. The summed E-state index contributed by atoms with van der Waals surface area (Å²) in [5.41, 5.74) is 0. The van der Waals surface area contributed by atoms with Gasteiger partial charge in [-0.05, 0) is 0 Å². The molecule has 0 fully saturated rings. The van der Waals surface area contributed by atoms with Crippen molar-refractivity contribution in [2.24, 2.45) is 9.75 Å². The second-order valence-corrected chi connectivity index (χ2v) is 0.839. The van der Waals surface area contributed by atoms with Gasteiger partial charge in [0.2, 0.25) is 0 Å². The highest BCUT2D eigenvalue weighted by Crippen LogP contribution is 1.77. The minimum absolute atomic E-state index is 0.503. The summed E-state index contributed by atoms with van der Waals surface area (Å²) in [6.07, 6.45) is 1.62. The number of hydrogen-bond acceptors (Lipinski definition) is 2. The largest absolute Gasteiger partial charge is 0.172 e. The van der Waals surface area contributed by atoms with Gasteiger partial charge in [0.1, 0.15) is 0 Å². The topological polar surface area (TPSA) is 24.7 Å². The van der Waals surface area contributed by atoms with Gasteiger partial charge in [0, 0.05) is 0 Å². The van der Waals surface area contributed by atoms with E-state index in [9.17, 15) is 0 Å². The molecule has 0 aromatic carbocycles. The van der Waals surface area contributed by atoms with Crippen LogP contribution < -0.4 is 0 Å². The highest BCUT2D eigenvalue weighted by Gasteiger charge is 1.60. The molecule has 2 nitrogen and oxygen atoms in total. The average Bonchev–Trinajstić information content (AvgIpc) is 1.61. The molecule has 0 aromatic heterocycles. The predicted molar refractivity (Wildman–Crippen MR) is 25.8 cm³/mol. The van der Waals surface area contributed by atoms with Gasteiger partial charge in [-0.1, -0.05) is 10.7 Å². The molecule has 0 N–H and O–H groups in total. The Kier molecular flexibility index (Phi) is 4.34. The summed E-state index contributed by atoms with van der Waals surface area (Å²) >= 11 is 4.79. The van der Waals surface area contributed by atoms with Gasteiger partial charge in [0.05, 0.1) is 18.3 Å². The summed E-state index contributed by atoms with van der Waals surface area (Å²) in [4.78, 5) is 0. The molecule has 0 aliphatic carbocycles. The lowest BCUT2D eigenvalue weighted by Gasteiger charge is -1.68. The third-order valence-electron chi connectivity index (χ3n) is 0.264. The van der Waals surface area contributed by atoms with Crippen LogP contribution in [-0.4, -0.2) is 6.54 Å². The van der Waals surface area contributed by atoms with Gasteiger partial charge >= 0.3 is 0 Å². The molecule has 0 unspecified atom stereocenters. The van der Waals surface area contributed by atoms with Crippen LogP contribution in [0.1, 0.15) is 0 Å². The van der Waals surface area contributed by atoms with Crippen molar-refractivity contribution in [3.63, 3.8) is 0 Å². The van der Waals surface area contributed by atoms with Crippen LogP contribution in [-0.2, 0) is 0 Å². The van der Waals surface area contributed by atoms with E-state index in [4.69, 9.17) is 11.8 Å². The minimum Gasteiger partial charge on any atom is -0.172 e. The van der Waals surface area contributed by atoms with Gasteiger partial charge in [0.25, 0.3) is 0 Å². The van der Waals surface area contributed by atoms with Crippen molar-refractivity contribution in [2.75, 3.05) is 6.54 Å². The molecular weight excluding hydrogens is 99.5 g/mol. The fourth-order valence-electron chi connectivity index (χ4n) is 0.0886. The van der Waals surface area contributed by atoms with E-state index in [-0.39, 0.29) is 0 Å². The summed E-state index contributed by atoms with van der Waals surface area (Å²) in [6, 6.07) is 0. The summed E-state index contributed by atoms with van der Waals surface area (Å²) in [5.74, 6) is 0. The number of halogens is 1. The van der Waals surface area contributed by atoms with Crippen molar-refractivity contribution in [2.45, 2.75) is 0 Å². The van der Waals surface area contributed by atoms with E-state index in [0.717, 1.165) is 0 Å². The van der Waals surface area contributed by atoms with Crippen molar-refractivity contribution in [1.82, 2.24) is 0 Å². The van der Waals surface area contributed by atoms with Gasteiger partial charge in [-0.15, -0.1) is 6.58 Å². The lowest BCUT2D eigenvalue weighted by Crippen LogP contribution is -1.60. The number of hydrogen-bond donors (Lipinski definition) is 0. The molecule has 0 spiro atoms. The van der Waals surface area contributed by atoms with E-state index in [1.807, 2.05) is 0 Å². The molecule has 0 heterocycles. The zero-order valence-electron chi connectivity index (χ0n) is 3.26. The fraction of sp³-hybridized carbons (Fsp3) is 0.333. The van der Waals surface area contributed by atoms with E-state index >= 15 is 0 Å². The zero-order chi connectivity index (χ0) is 4.83. The van der Waals surface area contributed by atoms with Crippen LogP contribution in [0.25, 0.3) is 0 Å². The Labute approximate surface area is 41.6 Å². The maximum atomic E-state index is 4.79. The molecule has 0 aromatic rings. The van der Waals surface area contributed by atoms with Gasteiger partial charge in [-0.2, -0.15) is 5.11 Å². The van der Waals surface area contributed by atoms with Crippen LogP contribution in [0.15, 0.2) is 22.4 Å². The van der Waals surface area contributed by atoms with Crippen LogP contribution in [0, 0.1) is 0 Å².